The Morgan fingerprint density at radius 3 is 3.24 bits per heavy atom. The Labute approximate surface area is 106 Å². The molecule has 0 bridgehead atoms. The fourth-order valence-electron chi connectivity index (χ4n) is 1.80. The number of furan rings is 1. The molecule has 2 N–H and O–H groups in total. The molecule has 0 saturated carbocycles. The van der Waals surface area contributed by atoms with Gasteiger partial charge in [0.2, 0.25) is 5.91 Å². The van der Waals surface area contributed by atoms with E-state index in [9.17, 15) is 4.79 Å². The van der Waals surface area contributed by atoms with Crippen LogP contribution in [0.1, 0.15) is 18.6 Å². The lowest BCUT2D eigenvalue weighted by atomic mass is 10.2. The van der Waals surface area contributed by atoms with Gasteiger partial charge in [-0.3, -0.25) is 4.79 Å². The predicted molar refractivity (Wildman–Crippen MR) is 68.9 cm³/mol. The van der Waals surface area contributed by atoms with Gasteiger partial charge in [-0.1, -0.05) is 0 Å². The van der Waals surface area contributed by atoms with E-state index in [0.717, 1.165) is 11.5 Å². The van der Waals surface area contributed by atoms with Crippen molar-refractivity contribution in [3.8, 4) is 0 Å². The Morgan fingerprint density at radius 1 is 1.59 bits per heavy atom. The number of hydrogen-bond acceptors (Lipinski definition) is 4. The van der Waals surface area contributed by atoms with Crippen LogP contribution in [0.2, 0.25) is 0 Å². The van der Waals surface area contributed by atoms with Crippen LogP contribution < -0.4 is 10.6 Å². The first-order chi connectivity index (χ1) is 8.34. The van der Waals surface area contributed by atoms with Gasteiger partial charge in [0.15, 0.2) is 0 Å². The molecule has 0 aromatic carbocycles. The summed E-state index contributed by atoms with van der Waals surface area (Å²) in [7, 11) is 0. The van der Waals surface area contributed by atoms with E-state index in [1.165, 1.54) is 18.6 Å². The van der Waals surface area contributed by atoms with E-state index in [-0.39, 0.29) is 5.91 Å². The summed E-state index contributed by atoms with van der Waals surface area (Å²) in [5.41, 5.74) is 0. The van der Waals surface area contributed by atoms with Crippen molar-refractivity contribution in [2.24, 2.45) is 0 Å². The number of thioether (sulfide) groups is 1. The maximum absolute atomic E-state index is 11.6. The van der Waals surface area contributed by atoms with Crippen molar-refractivity contribution < 1.29 is 9.21 Å². The predicted octanol–water partition coefficient (Wildman–Crippen LogP) is 1.38. The molecule has 5 heteroatoms. The molecule has 0 unspecified atom stereocenters. The van der Waals surface area contributed by atoms with Crippen molar-refractivity contribution in [2.45, 2.75) is 25.4 Å². The van der Waals surface area contributed by atoms with Gasteiger partial charge in [0, 0.05) is 11.8 Å². The monoisotopic (exact) mass is 254 g/mol. The van der Waals surface area contributed by atoms with Gasteiger partial charge in [-0.15, -0.1) is 0 Å². The van der Waals surface area contributed by atoms with Gasteiger partial charge >= 0.3 is 0 Å². The van der Waals surface area contributed by atoms with E-state index >= 15 is 0 Å². The number of hydrogen-bond donors (Lipinski definition) is 2. The van der Waals surface area contributed by atoms with E-state index in [2.05, 4.69) is 10.6 Å². The highest BCUT2D eigenvalue weighted by Gasteiger charge is 2.14. The zero-order valence-corrected chi connectivity index (χ0v) is 10.6. The van der Waals surface area contributed by atoms with Crippen LogP contribution in [0.4, 0.5) is 0 Å². The molecule has 1 fully saturated rings. The molecule has 0 aliphatic carbocycles. The Morgan fingerprint density at radius 2 is 2.53 bits per heavy atom. The first-order valence-corrected chi connectivity index (χ1v) is 7.10. The molecule has 17 heavy (non-hydrogen) atoms. The van der Waals surface area contributed by atoms with Gasteiger partial charge in [0.25, 0.3) is 0 Å². The molecule has 2 rings (SSSR count). The Bertz CT molecular complexity index is 334. The minimum Gasteiger partial charge on any atom is -0.467 e. The van der Waals surface area contributed by atoms with E-state index < -0.39 is 0 Å². The van der Waals surface area contributed by atoms with Crippen molar-refractivity contribution in [1.82, 2.24) is 10.6 Å². The van der Waals surface area contributed by atoms with Gasteiger partial charge in [-0.2, -0.15) is 11.8 Å². The van der Waals surface area contributed by atoms with E-state index in [1.807, 2.05) is 23.9 Å². The van der Waals surface area contributed by atoms with Crippen LogP contribution in [0.25, 0.3) is 0 Å². The van der Waals surface area contributed by atoms with Crippen LogP contribution in [0.15, 0.2) is 22.8 Å². The molecule has 94 valence electrons. The van der Waals surface area contributed by atoms with Crippen LogP contribution in [0.3, 0.4) is 0 Å². The molecule has 1 atom stereocenters. The maximum Gasteiger partial charge on any atom is 0.234 e. The number of amides is 1. The van der Waals surface area contributed by atoms with Crippen LogP contribution in [0, 0.1) is 0 Å². The largest absolute Gasteiger partial charge is 0.467 e. The van der Waals surface area contributed by atoms with Gasteiger partial charge in [-0.05, 0) is 30.7 Å². The minimum atomic E-state index is 0.0250. The summed E-state index contributed by atoms with van der Waals surface area (Å²) < 4.78 is 5.14. The van der Waals surface area contributed by atoms with Crippen molar-refractivity contribution in [1.29, 1.82) is 0 Å². The smallest absolute Gasteiger partial charge is 0.234 e. The van der Waals surface area contributed by atoms with Crippen LogP contribution in [-0.4, -0.2) is 30.0 Å². The lowest BCUT2D eigenvalue weighted by molar-refractivity contribution is -0.120. The second-order valence-electron chi connectivity index (χ2n) is 4.15. The summed E-state index contributed by atoms with van der Waals surface area (Å²) in [5, 5.41) is 6.11. The summed E-state index contributed by atoms with van der Waals surface area (Å²) in [5.74, 6) is 3.18. The molecular formula is C12H18N2O2S. The van der Waals surface area contributed by atoms with Gasteiger partial charge in [0.05, 0.1) is 19.4 Å². The van der Waals surface area contributed by atoms with Crippen molar-refractivity contribution in [3.63, 3.8) is 0 Å². The molecule has 1 amide bonds. The number of carbonyl (C=O) groups excluding carboxylic acids is 1. The first-order valence-electron chi connectivity index (χ1n) is 5.95. The van der Waals surface area contributed by atoms with Crippen molar-refractivity contribution in [2.75, 3.05) is 18.1 Å². The number of nitrogens with one attached hydrogen (secondary N) is 2. The molecule has 0 radical (unpaired) electrons. The fraction of sp³-hybridized carbons (Fsp3) is 0.583. The molecule has 1 aliphatic rings. The highest BCUT2D eigenvalue weighted by molar-refractivity contribution is 7.99. The second kappa shape index (κ2) is 6.71. The molecule has 1 aromatic heterocycles. The highest BCUT2D eigenvalue weighted by atomic mass is 32.2. The van der Waals surface area contributed by atoms with Crippen molar-refractivity contribution in [3.05, 3.63) is 24.2 Å². The Hall–Kier alpha value is -0.940. The highest BCUT2D eigenvalue weighted by Crippen LogP contribution is 2.16. The summed E-state index contributed by atoms with van der Waals surface area (Å²) in [4.78, 5) is 11.6. The molecule has 1 aromatic rings. The third kappa shape index (κ3) is 4.44. The fourth-order valence-corrected chi connectivity index (χ4v) is 2.91. The summed E-state index contributed by atoms with van der Waals surface area (Å²) in [6, 6.07) is 4.16. The van der Waals surface area contributed by atoms with Crippen LogP contribution in [0.5, 0.6) is 0 Å². The zero-order chi connectivity index (χ0) is 11.9. The normalized spacial score (nSPS) is 20.1. The van der Waals surface area contributed by atoms with Gasteiger partial charge < -0.3 is 15.1 Å². The summed E-state index contributed by atoms with van der Waals surface area (Å²) in [6.45, 7) is 0.860. The lowest BCUT2D eigenvalue weighted by Crippen LogP contribution is -2.41. The SMILES string of the molecule is O=C(CN[C@H]1CCCSC1)NCc1ccco1. The molecule has 4 nitrogen and oxygen atoms in total. The molecule has 1 saturated heterocycles. The average molecular weight is 254 g/mol. The second-order valence-corrected chi connectivity index (χ2v) is 5.30. The third-order valence-corrected chi connectivity index (χ3v) is 3.97. The van der Waals surface area contributed by atoms with Crippen molar-refractivity contribution >= 4 is 17.7 Å². The Balaban J connectivity index is 1.60. The molecule has 1 aliphatic heterocycles. The Kier molecular flexibility index (Phi) is 4.94. The molecule has 0 spiro atoms. The maximum atomic E-state index is 11.6. The molecular weight excluding hydrogens is 236 g/mol. The lowest BCUT2D eigenvalue weighted by Gasteiger charge is -2.22. The molecule has 2 heterocycles. The average Bonchev–Trinajstić information content (AvgIpc) is 2.88. The number of carbonyl (C=O) groups is 1. The van der Waals surface area contributed by atoms with Gasteiger partial charge in [-0.25, -0.2) is 0 Å². The minimum absolute atomic E-state index is 0.0250. The zero-order valence-electron chi connectivity index (χ0n) is 9.78. The topological polar surface area (TPSA) is 54.3 Å². The van der Waals surface area contributed by atoms with Gasteiger partial charge in [0.1, 0.15) is 5.76 Å². The quantitative estimate of drug-likeness (QED) is 0.833. The van der Waals surface area contributed by atoms with Crippen LogP contribution in [-0.2, 0) is 11.3 Å². The standard InChI is InChI=1S/C12H18N2O2S/c15-12(14-7-11-4-1-5-16-11)8-13-10-3-2-6-17-9-10/h1,4-5,10,13H,2-3,6-9H2,(H,14,15)/t10-/m0/s1. The van der Waals surface area contributed by atoms with Crippen LogP contribution >= 0.6 is 11.8 Å². The summed E-state index contributed by atoms with van der Waals surface area (Å²) >= 11 is 1.96. The first kappa shape index (κ1) is 12.5. The number of rotatable bonds is 5. The van der Waals surface area contributed by atoms with E-state index in [4.69, 9.17) is 4.42 Å². The van der Waals surface area contributed by atoms with E-state index in [1.54, 1.807) is 6.26 Å². The van der Waals surface area contributed by atoms with E-state index in [0.29, 0.717) is 19.1 Å². The summed E-state index contributed by atoms with van der Waals surface area (Å²) in [6.07, 6.45) is 4.04. The third-order valence-electron chi connectivity index (χ3n) is 2.75.